The second-order valence-electron chi connectivity index (χ2n) is 13.6. The number of ether oxygens (including phenoxy) is 2. The Hall–Kier alpha value is -4.62. The third-order valence-corrected chi connectivity index (χ3v) is 9.59. The molecular formula is C37H44F2N6O5. The molecule has 2 aromatic heterocycles. The van der Waals surface area contributed by atoms with E-state index in [4.69, 9.17) is 14.5 Å². The molecule has 50 heavy (non-hydrogen) atoms. The number of aliphatic hydroxyl groups is 1. The van der Waals surface area contributed by atoms with Crippen molar-refractivity contribution in [2.45, 2.75) is 71.9 Å². The highest BCUT2D eigenvalue weighted by Gasteiger charge is 2.38. The standard InChI is InChI=1S/C37H44F2N6O5/c1-8-30(47)43-17-22(6)44(18-21(43)5)35-25-15-27(39)32-31-26(38)11-10-12-29(31)50-19-28(46)34(49-9-2)24-13-14-42(16-20(3)4)23(7)33(24)45(36(25)40-32)37(48)41-35/h8,10-15,20-23,28,34,46H,1,9,16-19H2,2-7H3/t21-,22+,23-,28?,34?/m1/s1. The number of nitrogens with zero attached hydrogens (tertiary/aromatic N) is 6. The zero-order chi connectivity index (χ0) is 36.0. The SMILES string of the molecule is C=CC(=O)N1C[C@H](C)N(c2nc(=O)n3c4nc(c(F)cc24)-c2c(F)cccc2OCC(O)C(OCC)C2=C3[C@@H](C)N(CC(C)C)C=C2)C[C@H]1C. The van der Waals surface area contributed by atoms with Crippen molar-refractivity contribution >= 4 is 28.5 Å². The molecule has 0 spiro atoms. The van der Waals surface area contributed by atoms with Crippen molar-refractivity contribution in [3.8, 4) is 17.0 Å². The summed E-state index contributed by atoms with van der Waals surface area (Å²) in [6.45, 7) is 16.5. The lowest BCUT2D eigenvalue weighted by molar-refractivity contribution is -0.128. The molecule has 6 rings (SSSR count). The van der Waals surface area contributed by atoms with Gasteiger partial charge in [-0.05, 0) is 64.0 Å². The number of pyridine rings is 1. The van der Waals surface area contributed by atoms with Gasteiger partial charge in [-0.2, -0.15) is 4.98 Å². The van der Waals surface area contributed by atoms with Gasteiger partial charge < -0.3 is 29.3 Å². The van der Waals surface area contributed by atoms with Crippen LogP contribution in [0, 0.1) is 17.6 Å². The summed E-state index contributed by atoms with van der Waals surface area (Å²) < 4.78 is 45.6. The molecule has 3 aromatic rings. The average Bonchev–Trinajstić information content (AvgIpc) is 3.07. The van der Waals surface area contributed by atoms with Crippen molar-refractivity contribution in [3.05, 3.63) is 76.9 Å². The Labute approximate surface area is 290 Å². The smallest absolute Gasteiger partial charge is 0.355 e. The van der Waals surface area contributed by atoms with Crippen molar-refractivity contribution in [3.63, 3.8) is 0 Å². The van der Waals surface area contributed by atoms with Crippen LogP contribution in [0.1, 0.15) is 41.5 Å². The van der Waals surface area contributed by atoms with E-state index in [2.05, 4.69) is 30.3 Å². The van der Waals surface area contributed by atoms with Crippen LogP contribution < -0.4 is 15.3 Å². The maximum atomic E-state index is 16.4. The molecule has 266 valence electrons. The molecule has 0 aliphatic carbocycles. The van der Waals surface area contributed by atoms with Gasteiger partial charge in [0.15, 0.2) is 11.5 Å². The lowest BCUT2D eigenvalue weighted by atomic mass is 9.94. The van der Waals surface area contributed by atoms with Gasteiger partial charge in [-0.3, -0.25) is 4.79 Å². The molecule has 1 fully saturated rings. The summed E-state index contributed by atoms with van der Waals surface area (Å²) in [6, 6.07) is 4.28. The van der Waals surface area contributed by atoms with Crippen molar-refractivity contribution in [1.82, 2.24) is 24.3 Å². The van der Waals surface area contributed by atoms with E-state index in [-0.39, 0.29) is 71.0 Å². The molecule has 1 N–H and O–H groups in total. The molecule has 2 unspecified atom stereocenters. The van der Waals surface area contributed by atoms with E-state index in [1.165, 1.54) is 34.9 Å². The third kappa shape index (κ3) is 6.17. The number of rotatable bonds is 6. The summed E-state index contributed by atoms with van der Waals surface area (Å²) in [5, 5.41) is 11.8. The zero-order valence-electron chi connectivity index (χ0n) is 29.3. The highest BCUT2D eigenvalue weighted by molar-refractivity contribution is 5.92. The number of hydrogen-bond acceptors (Lipinski definition) is 9. The molecule has 3 aliphatic heterocycles. The minimum atomic E-state index is -1.25. The minimum absolute atomic E-state index is 0.0240. The van der Waals surface area contributed by atoms with E-state index in [1.54, 1.807) is 11.8 Å². The topological polar surface area (TPSA) is 113 Å². The Bertz CT molecular complexity index is 1940. The highest BCUT2D eigenvalue weighted by atomic mass is 19.1. The van der Waals surface area contributed by atoms with E-state index in [9.17, 15) is 14.7 Å². The van der Waals surface area contributed by atoms with E-state index >= 15 is 8.78 Å². The molecule has 3 aliphatic rings. The van der Waals surface area contributed by atoms with Crippen molar-refractivity contribution < 1.29 is 28.2 Å². The predicted molar refractivity (Wildman–Crippen MR) is 188 cm³/mol. The predicted octanol–water partition coefficient (Wildman–Crippen LogP) is 4.59. The molecular weight excluding hydrogens is 646 g/mol. The largest absolute Gasteiger partial charge is 0.490 e. The molecule has 1 aromatic carbocycles. The Morgan fingerprint density at radius 2 is 1.92 bits per heavy atom. The number of piperazine rings is 1. The minimum Gasteiger partial charge on any atom is -0.490 e. The van der Waals surface area contributed by atoms with Crippen LogP contribution in [0.4, 0.5) is 14.6 Å². The molecule has 0 saturated carbocycles. The number of benzene rings is 1. The van der Waals surface area contributed by atoms with Crippen LogP contribution in [-0.2, 0) is 9.53 Å². The monoisotopic (exact) mass is 690 g/mol. The molecule has 5 atom stereocenters. The van der Waals surface area contributed by atoms with E-state index < -0.39 is 35.6 Å². The Kier molecular flexibility index (Phi) is 9.82. The van der Waals surface area contributed by atoms with Gasteiger partial charge in [0, 0.05) is 50.1 Å². The Balaban J connectivity index is 1.70. The normalized spacial score (nSPS) is 23.8. The number of anilines is 1. The fourth-order valence-electron chi connectivity index (χ4n) is 7.25. The van der Waals surface area contributed by atoms with E-state index in [0.29, 0.717) is 30.9 Å². The number of halogens is 2. The van der Waals surface area contributed by atoms with Gasteiger partial charge in [0.25, 0.3) is 0 Å². The summed E-state index contributed by atoms with van der Waals surface area (Å²) >= 11 is 0. The Morgan fingerprint density at radius 1 is 1.16 bits per heavy atom. The van der Waals surface area contributed by atoms with E-state index in [1.807, 2.05) is 37.9 Å². The average molecular weight is 691 g/mol. The van der Waals surface area contributed by atoms with Crippen LogP contribution in [0.15, 0.2) is 59.6 Å². The first-order chi connectivity index (χ1) is 23.9. The van der Waals surface area contributed by atoms with Crippen molar-refractivity contribution in [2.24, 2.45) is 5.92 Å². The quantitative estimate of drug-likeness (QED) is 0.371. The number of aromatic nitrogens is 3. The number of amides is 1. The van der Waals surface area contributed by atoms with E-state index in [0.717, 1.165) is 0 Å². The van der Waals surface area contributed by atoms with Crippen LogP contribution >= 0.6 is 0 Å². The number of aliphatic hydroxyl groups excluding tert-OH is 1. The van der Waals surface area contributed by atoms with Crippen molar-refractivity contribution in [2.75, 3.05) is 37.7 Å². The molecule has 13 heteroatoms. The first kappa shape index (κ1) is 35.2. The van der Waals surface area contributed by atoms with Crippen LogP contribution in [0.25, 0.3) is 28.0 Å². The van der Waals surface area contributed by atoms with Gasteiger partial charge in [0.1, 0.15) is 41.9 Å². The maximum absolute atomic E-state index is 16.4. The molecule has 1 saturated heterocycles. The second kappa shape index (κ2) is 13.9. The maximum Gasteiger partial charge on any atom is 0.355 e. The third-order valence-electron chi connectivity index (χ3n) is 9.59. The fourth-order valence-corrected chi connectivity index (χ4v) is 7.25. The number of carbonyl (C=O) groups excluding carboxylic acids is 1. The number of hydrogen-bond donors (Lipinski definition) is 1. The van der Waals surface area contributed by atoms with Crippen LogP contribution in [0.3, 0.4) is 0 Å². The van der Waals surface area contributed by atoms with Gasteiger partial charge in [0.2, 0.25) is 5.91 Å². The lowest BCUT2D eigenvalue weighted by Gasteiger charge is -2.44. The van der Waals surface area contributed by atoms with Gasteiger partial charge in [-0.25, -0.2) is 23.1 Å². The number of carbonyl (C=O) groups is 1. The van der Waals surface area contributed by atoms with Crippen LogP contribution in [0.5, 0.6) is 5.75 Å². The van der Waals surface area contributed by atoms with Crippen LogP contribution in [0.2, 0.25) is 0 Å². The zero-order valence-corrected chi connectivity index (χ0v) is 29.3. The van der Waals surface area contributed by atoms with Gasteiger partial charge in [0.05, 0.1) is 22.7 Å². The summed E-state index contributed by atoms with van der Waals surface area (Å²) in [7, 11) is 0. The number of fused-ring (bicyclic) bond motifs is 4. The van der Waals surface area contributed by atoms with Crippen molar-refractivity contribution in [1.29, 1.82) is 0 Å². The Morgan fingerprint density at radius 3 is 2.62 bits per heavy atom. The molecule has 2 bridgehead atoms. The highest BCUT2D eigenvalue weighted by Crippen LogP contribution is 2.39. The molecule has 5 heterocycles. The fraction of sp³-hybridized carbons (Fsp3) is 0.459. The summed E-state index contributed by atoms with van der Waals surface area (Å²) in [6.07, 6.45) is 2.79. The molecule has 1 amide bonds. The van der Waals surface area contributed by atoms with Gasteiger partial charge in [-0.15, -0.1) is 0 Å². The molecule has 0 radical (unpaired) electrons. The lowest BCUT2D eigenvalue weighted by Crippen LogP contribution is -2.58. The first-order valence-corrected chi connectivity index (χ1v) is 17.1. The first-order valence-electron chi connectivity index (χ1n) is 17.1. The summed E-state index contributed by atoms with van der Waals surface area (Å²) in [5.74, 6) is -1.41. The summed E-state index contributed by atoms with van der Waals surface area (Å²) in [5.41, 5.74) is -0.264. The van der Waals surface area contributed by atoms with Crippen LogP contribution in [-0.4, -0.2) is 98.5 Å². The summed E-state index contributed by atoms with van der Waals surface area (Å²) in [4.78, 5) is 42.2. The second-order valence-corrected chi connectivity index (χ2v) is 13.6. The molecule has 11 nitrogen and oxygen atoms in total. The van der Waals surface area contributed by atoms with Gasteiger partial charge >= 0.3 is 5.69 Å². The van der Waals surface area contributed by atoms with Gasteiger partial charge in [-0.1, -0.05) is 26.5 Å².